The molecule has 0 unspecified atom stereocenters. The van der Waals surface area contributed by atoms with E-state index in [4.69, 9.17) is 0 Å². The highest BCUT2D eigenvalue weighted by Crippen LogP contribution is 2.40. The summed E-state index contributed by atoms with van der Waals surface area (Å²) in [6, 6.07) is 1.45. The highest BCUT2D eigenvalue weighted by atomic mass is 16.2. The molecule has 3 aliphatic rings. The smallest absolute Gasteiger partial charge is 0.317 e. The van der Waals surface area contributed by atoms with E-state index in [0.717, 1.165) is 44.7 Å². The molecule has 3 heterocycles. The Kier molecular flexibility index (Phi) is 5.47. The molecule has 3 saturated heterocycles. The summed E-state index contributed by atoms with van der Waals surface area (Å²) in [4.78, 5) is 19.6. The Morgan fingerprint density at radius 1 is 1.26 bits per heavy atom. The van der Waals surface area contributed by atoms with Crippen molar-refractivity contribution in [1.82, 2.24) is 20.0 Å². The molecule has 3 aliphatic heterocycles. The molecule has 0 aromatic heterocycles. The van der Waals surface area contributed by atoms with E-state index >= 15 is 0 Å². The summed E-state index contributed by atoms with van der Waals surface area (Å²) in [7, 11) is 0. The van der Waals surface area contributed by atoms with Crippen molar-refractivity contribution in [2.45, 2.75) is 52.1 Å². The van der Waals surface area contributed by atoms with Crippen LogP contribution in [0.25, 0.3) is 0 Å². The molecular formula is C18H34N4O. The minimum atomic E-state index is 0.154. The SMILES string of the molecule is CCN(CCNC(=O)N1C[C@@H]2CN3CCCC[C@H]3[C@@H]2C1)C(C)C. The molecule has 0 aromatic carbocycles. The Morgan fingerprint density at radius 3 is 2.83 bits per heavy atom. The zero-order valence-corrected chi connectivity index (χ0v) is 15.1. The maximum atomic E-state index is 12.5. The Bertz CT molecular complexity index is 414. The van der Waals surface area contributed by atoms with Crippen molar-refractivity contribution >= 4 is 6.03 Å². The number of carbonyl (C=O) groups excluding carboxylic acids is 1. The van der Waals surface area contributed by atoms with Crippen LogP contribution in [0, 0.1) is 11.8 Å². The summed E-state index contributed by atoms with van der Waals surface area (Å²) in [6.45, 7) is 13.8. The average molecular weight is 322 g/mol. The summed E-state index contributed by atoms with van der Waals surface area (Å²) in [5.41, 5.74) is 0. The van der Waals surface area contributed by atoms with Gasteiger partial charge in [0.1, 0.15) is 0 Å². The summed E-state index contributed by atoms with van der Waals surface area (Å²) in [5, 5.41) is 3.14. The number of nitrogens with zero attached hydrogens (tertiary/aromatic N) is 3. The molecule has 23 heavy (non-hydrogen) atoms. The first-order valence-corrected chi connectivity index (χ1v) is 9.61. The Labute approximate surface area is 141 Å². The fourth-order valence-electron chi connectivity index (χ4n) is 4.92. The second kappa shape index (κ2) is 7.39. The predicted molar refractivity (Wildman–Crippen MR) is 93.5 cm³/mol. The van der Waals surface area contributed by atoms with E-state index in [1.54, 1.807) is 0 Å². The summed E-state index contributed by atoms with van der Waals surface area (Å²) in [6.07, 6.45) is 4.08. The average Bonchev–Trinajstić information content (AvgIpc) is 3.08. The molecule has 1 N–H and O–H groups in total. The van der Waals surface area contributed by atoms with Gasteiger partial charge < -0.3 is 10.2 Å². The van der Waals surface area contributed by atoms with Crippen molar-refractivity contribution in [2.75, 3.05) is 45.8 Å². The summed E-state index contributed by atoms with van der Waals surface area (Å²) in [5.74, 6) is 1.44. The van der Waals surface area contributed by atoms with Crippen LogP contribution in [0.15, 0.2) is 0 Å². The van der Waals surface area contributed by atoms with Gasteiger partial charge in [-0.15, -0.1) is 0 Å². The van der Waals surface area contributed by atoms with Gasteiger partial charge in [0.15, 0.2) is 0 Å². The quantitative estimate of drug-likeness (QED) is 0.839. The van der Waals surface area contributed by atoms with Crippen LogP contribution in [-0.2, 0) is 0 Å². The molecule has 5 heteroatoms. The second-order valence-electron chi connectivity index (χ2n) is 7.84. The Hall–Kier alpha value is -0.810. The van der Waals surface area contributed by atoms with E-state index < -0.39 is 0 Å². The third-order valence-corrected chi connectivity index (χ3v) is 6.22. The third-order valence-electron chi connectivity index (χ3n) is 6.22. The fourth-order valence-corrected chi connectivity index (χ4v) is 4.92. The lowest BCUT2D eigenvalue weighted by molar-refractivity contribution is 0.153. The van der Waals surface area contributed by atoms with Crippen molar-refractivity contribution in [2.24, 2.45) is 11.8 Å². The maximum Gasteiger partial charge on any atom is 0.317 e. The number of rotatable bonds is 5. The van der Waals surface area contributed by atoms with E-state index in [1.807, 2.05) is 0 Å². The van der Waals surface area contributed by atoms with Crippen LogP contribution in [0.2, 0.25) is 0 Å². The fraction of sp³-hybridized carbons (Fsp3) is 0.944. The molecule has 0 bridgehead atoms. The van der Waals surface area contributed by atoms with Gasteiger partial charge in [-0.25, -0.2) is 4.79 Å². The molecular weight excluding hydrogens is 288 g/mol. The van der Waals surface area contributed by atoms with Gasteiger partial charge in [0, 0.05) is 44.8 Å². The maximum absolute atomic E-state index is 12.5. The lowest BCUT2D eigenvalue weighted by Gasteiger charge is -2.33. The number of likely N-dealkylation sites (tertiary alicyclic amines) is 1. The van der Waals surface area contributed by atoms with Crippen LogP contribution in [0.4, 0.5) is 4.79 Å². The molecule has 0 radical (unpaired) electrons. The zero-order chi connectivity index (χ0) is 16.4. The van der Waals surface area contributed by atoms with Gasteiger partial charge in [0.05, 0.1) is 0 Å². The molecule has 3 atom stereocenters. The van der Waals surface area contributed by atoms with E-state index in [9.17, 15) is 4.79 Å². The number of carbonyl (C=O) groups is 1. The first-order chi connectivity index (χ1) is 11.1. The number of hydrogen-bond acceptors (Lipinski definition) is 3. The normalized spacial score (nSPS) is 30.8. The standard InChI is InChI=1S/C18H34N4O/c1-4-20(14(2)3)10-8-19-18(23)22-12-15-11-21-9-6-5-7-17(21)16(15)13-22/h14-17H,4-13H2,1-3H3,(H,19,23)/t15-,16+,17-/m0/s1. The first kappa shape index (κ1) is 17.0. The van der Waals surface area contributed by atoms with Gasteiger partial charge >= 0.3 is 6.03 Å². The van der Waals surface area contributed by atoms with Crippen LogP contribution >= 0.6 is 0 Å². The largest absolute Gasteiger partial charge is 0.337 e. The highest BCUT2D eigenvalue weighted by Gasteiger charge is 2.48. The van der Waals surface area contributed by atoms with Crippen LogP contribution in [0.3, 0.4) is 0 Å². The monoisotopic (exact) mass is 322 g/mol. The van der Waals surface area contributed by atoms with Gasteiger partial charge in [-0.05, 0) is 51.6 Å². The number of nitrogens with one attached hydrogen (secondary N) is 1. The van der Waals surface area contributed by atoms with E-state index in [1.165, 1.54) is 32.4 Å². The van der Waals surface area contributed by atoms with Crippen LogP contribution < -0.4 is 5.32 Å². The van der Waals surface area contributed by atoms with Crippen molar-refractivity contribution in [1.29, 1.82) is 0 Å². The Morgan fingerprint density at radius 2 is 2.09 bits per heavy atom. The van der Waals surface area contributed by atoms with Gasteiger partial charge in [0.25, 0.3) is 0 Å². The van der Waals surface area contributed by atoms with Gasteiger partial charge in [-0.3, -0.25) is 9.80 Å². The molecule has 3 rings (SSSR count). The van der Waals surface area contributed by atoms with E-state index in [0.29, 0.717) is 12.0 Å². The van der Waals surface area contributed by atoms with E-state index in [-0.39, 0.29) is 6.03 Å². The molecule has 5 nitrogen and oxygen atoms in total. The van der Waals surface area contributed by atoms with Crippen molar-refractivity contribution in [3.63, 3.8) is 0 Å². The summed E-state index contributed by atoms with van der Waals surface area (Å²) >= 11 is 0. The molecule has 3 fully saturated rings. The molecule has 0 spiro atoms. The number of likely N-dealkylation sites (N-methyl/N-ethyl adjacent to an activating group) is 1. The van der Waals surface area contributed by atoms with E-state index in [2.05, 4.69) is 40.8 Å². The molecule has 132 valence electrons. The van der Waals surface area contributed by atoms with Gasteiger partial charge in [0.2, 0.25) is 0 Å². The molecule has 0 aromatic rings. The lowest BCUT2D eigenvalue weighted by atomic mass is 9.90. The molecule has 0 saturated carbocycles. The van der Waals surface area contributed by atoms with Gasteiger partial charge in [-0.2, -0.15) is 0 Å². The predicted octanol–water partition coefficient (Wildman–Crippen LogP) is 1.84. The van der Waals surface area contributed by atoms with Crippen molar-refractivity contribution < 1.29 is 4.79 Å². The molecule has 2 amide bonds. The van der Waals surface area contributed by atoms with Crippen LogP contribution in [-0.4, -0.2) is 78.6 Å². The number of amides is 2. The van der Waals surface area contributed by atoms with Gasteiger partial charge in [-0.1, -0.05) is 13.3 Å². The number of urea groups is 1. The molecule has 0 aliphatic carbocycles. The minimum absolute atomic E-state index is 0.154. The number of hydrogen-bond donors (Lipinski definition) is 1. The number of piperidine rings is 1. The second-order valence-corrected chi connectivity index (χ2v) is 7.84. The van der Waals surface area contributed by atoms with Crippen LogP contribution in [0.1, 0.15) is 40.0 Å². The number of fused-ring (bicyclic) bond motifs is 3. The first-order valence-electron chi connectivity index (χ1n) is 9.61. The highest BCUT2D eigenvalue weighted by molar-refractivity contribution is 5.74. The third kappa shape index (κ3) is 3.66. The lowest BCUT2D eigenvalue weighted by Crippen LogP contribution is -2.45. The van der Waals surface area contributed by atoms with Crippen LogP contribution in [0.5, 0.6) is 0 Å². The Balaban J connectivity index is 1.44. The van der Waals surface area contributed by atoms with Crippen molar-refractivity contribution in [3.8, 4) is 0 Å². The summed E-state index contributed by atoms with van der Waals surface area (Å²) < 4.78 is 0. The topological polar surface area (TPSA) is 38.8 Å². The minimum Gasteiger partial charge on any atom is -0.337 e. The van der Waals surface area contributed by atoms with Crippen molar-refractivity contribution in [3.05, 3.63) is 0 Å². The zero-order valence-electron chi connectivity index (χ0n) is 15.1.